The van der Waals surface area contributed by atoms with E-state index in [2.05, 4.69) is 0 Å². The van der Waals surface area contributed by atoms with Crippen molar-refractivity contribution in [1.29, 1.82) is 0 Å². The first-order chi connectivity index (χ1) is 8.39. The first kappa shape index (κ1) is 14.1. The Labute approximate surface area is 121 Å². The summed E-state index contributed by atoms with van der Waals surface area (Å²) in [7, 11) is 0. The standard InChI is InChI=1S/C9H8Cl3NO4S/c10-9(11,12)6(14)5-7(15)18-8(17-5)13-1-3-16-4-2-13/h1-4H2. The number of carbonyl (C=O) groups is 1. The van der Waals surface area contributed by atoms with E-state index in [0.29, 0.717) is 31.2 Å². The number of hydrogen-bond acceptors (Lipinski definition) is 5. The highest BCUT2D eigenvalue weighted by Gasteiger charge is 2.35. The summed E-state index contributed by atoms with van der Waals surface area (Å²) in [6.45, 7) is 2.25. The zero-order valence-corrected chi connectivity index (χ0v) is 12.0. The van der Waals surface area contributed by atoms with E-state index >= 15 is 0 Å². The highest BCUT2D eigenvalue weighted by atomic mass is 35.6. The maximum absolute atomic E-state index is 11.7. The lowest BCUT2D eigenvalue weighted by Gasteiger charge is -2.09. The summed E-state index contributed by atoms with van der Waals surface area (Å²) in [5.41, 5.74) is 0. The number of hydrogen-bond donors (Lipinski definition) is 0. The first-order valence-corrected chi connectivity index (χ1v) is 6.93. The van der Waals surface area contributed by atoms with Crippen LogP contribution in [0.15, 0.2) is 4.42 Å². The fraction of sp³-hybridized carbons (Fsp3) is 0.556. The van der Waals surface area contributed by atoms with Gasteiger partial charge >= 0.3 is 4.87 Å². The van der Waals surface area contributed by atoms with E-state index in [-0.39, 0.29) is 0 Å². The normalized spacial score (nSPS) is 16.9. The predicted molar refractivity (Wildman–Crippen MR) is 66.5 cm³/mol. The van der Waals surface area contributed by atoms with E-state index in [4.69, 9.17) is 44.0 Å². The van der Waals surface area contributed by atoms with Crippen LogP contribution in [0.1, 0.15) is 10.6 Å². The molecule has 0 aromatic carbocycles. The fourth-order valence-electron chi connectivity index (χ4n) is 1.42. The van der Waals surface area contributed by atoms with Gasteiger partial charge in [0.25, 0.3) is 3.79 Å². The summed E-state index contributed by atoms with van der Waals surface area (Å²) in [6.07, 6.45) is 0. The van der Waals surface area contributed by atoms with Gasteiger partial charge in [-0.25, -0.2) is 0 Å². The number of rotatable bonds is 1. The minimum absolute atomic E-state index is 0.334. The van der Waals surface area contributed by atoms with Crippen molar-refractivity contribution >= 4 is 51.9 Å². The SMILES string of the molecule is O=C(c1oc(=[N+]2CCOCC2)sc1[O-])C(Cl)(Cl)Cl. The second kappa shape index (κ2) is 5.38. The summed E-state index contributed by atoms with van der Waals surface area (Å²) < 4.78 is 10.0. The lowest BCUT2D eigenvalue weighted by Crippen LogP contribution is -2.38. The molecule has 0 unspecified atom stereocenters. The first-order valence-electron chi connectivity index (χ1n) is 4.98. The molecule has 2 heterocycles. The van der Waals surface area contributed by atoms with E-state index in [1.54, 1.807) is 0 Å². The average molecular weight is 333 g/mol. The van der Waals surface area contributed by atoms with Crippen molar-refractivity contribution < 1.29 is 19.1 Å². The lowest BCUT2D eigenvalue weighted by atomic mass is 10.3. The number of nitrogens with zero attached hydrogens (tertiary/aromatic N) is 1. The summed E-state index contributed by atoms with van der Waals surface area (Å²) in [4.78, 5) is 12.0. The topological polar surface area (TPSA) is 65.5 Å². The molecule has 5 nitrogen and oxygen atoms in total. The predicted octanol–water partition coefficient (Wildman–Crippen LogP) is 0.770. The van der Waals surface area contributed by atoms with E-state index in [1.807, 2.05) is 4.58 Å². The van der Waals surface area contributed by atoms with E-state index in [9.17, 15) is 9.90 Å². The van der Waals surface area contributed by atoms with Crippen molar-refractivity contribution in [2.75, 3.05) is 26.3 Å². The Morgan fingerprint density at radius 3 is 2.50 bits per heavy atom. The van der Waals surface area contributed by atoms with Crippen LogP contribution in [-0.4, -0.2) is 35.9 Å². The molecular formula is C9H8Cl3NO4S. The molecule has 0 bridgehead atoms. The van der Waals surface area contributed by atoms with Crippen molar-refractivity contribution in [2.24, 2.45) is 0 Å². The van der Waals surface area contributed by atoms with Gasteiger partial charge in [-0.2, -0.15) is 4.58 Å². The monoisotopic (exact) mass is 331 g/mol. The molecule has 1 aromatic rings. The Kier molecular flexibility index (Phi) is 4.23. The molecule has 2 rings (SSSR count). The van der Waals surface area contributed by atoms with Crippen LogP contribution in [0.4, 0.5) is 0 Å². The summed E-state index contributed by atoms with van der Waals surface area (Å²) in [5, 5.41) is 11.1. The second-order valence-electron chi connectivity index (χ2n) is 3.51. The maximum atomic E-state index is 11.7. The summed E-state index contributed by atoms with van der Waals surface area (Å²) >= 11 is 17.1. The molecule has 1 fully saturated rings. The molecule has 1 aliphatic rings. The van der Waals surface area contributed by atoms with Crippen LogP contribution in [0.5, 0.6) is 5.06 Å². The van der Waals surface area contributed by atoms with Gasteiger partial charge in [-0.05, 0) is 11.3 Å². The highest BCUT2D eigenvalue weighted by molar-refractivity contribution is 7.11. The molecule has 0 atom stereocenters. The van der Waals surface area contributed by atoms with Crippen LogP contribution >= 0.6 is 46.1 Å². The highest BCUT2D eigenvalue weighted by Crippen LogP contribution is 2.33. The molecule has 9 heteroatoms. The number of alkyl halides is 3. The molecule has 0 N–H and O–H groups in total. The third-order valence-corrected chi connectivity index (χ3v) is 3.69. The fourth-order valence-corrected chi connectivity index (χ4v) is 2.50. The average Bonchev–Trinajstić information content (AvgIpc) is 2.70. The number of carbonyl (C=O) groups excluding carboxylic acids is 1. The van der Waals surface area contributed by atoms with Crippen LogP contribution in [0, 0.1) is 0 Å². The van der Waals surface area contributed by atoms with Crippen LogP contribution in [0.2, 0.25) is 0 Å². The van der Waals surface area contributed by atoms with Gasteiger partial charge in [-0.1, -0.05) is 34.8 Å². The van der Waals surface area contributed by atoms with Gasteiger partial charge in [0, 0.05) is 5.06 Å². The van der Waals surface area contributed by atoms with Crippen molar-refractivity contribution in [3.05, 3.63) is 10.6 Å². The molecule has 100 valence electrons. The van der Waals surface area contributed by atoms with Crippen molar-refractivity contribution in [3.8, 4) is 5.06 Å². The molecule has 0 radical (unpaired) electrons. The Hall–Kier alpha value is -0.270. The Morgan fingerprint density at radius 2 is 1.94 bits per heavy atom. The maximum Gasteiger partial charge on any atom is 0.429 e. The van der Waals surface area contributed by atoms with Crippen molar-refractivity contribution in [2.45, 2.75) is 3.79 Å². The number of Topliss-reactive ketones (excluding diaryl/α,β-unsaturated/α-hetero) is 1. The van der Waals surface area contributed by atoms with Gasteiger partial charge in [0.2, 0.25) is 5.78 Å². The van der Waals surface area contributed by atoms with Crippen LogP contribution in [0.3, 0.4) is 0 Å². The minimum atomic E-state index is -2.19. The summed E-state index contributed by atoms with van der Waals surface area (Å²) in [6, 6.07) is 0. The molecule has 0 spiro atoms. The molecule has 0 saturated carbocycles. The Bertz CT molecular complexity index is 523. The number of morpholine rings is 1. The van der Waals surface area contributed by atoms with Gasteiger partial charge in [0.15, 0.2) is 18.8 Å². The van der Waals surface area contributed by atoms with Crippen LogP contribution < -0.4 is 14.5 Å². The van der Waals surface area contributed by atoms with Crippen molar-refractivity contribution in [3.63, 3.8) is 0 Å². The van der Waals surface area contributed by atoms with Crippen LogP contribution in [-0.2, 0) is 4.74 Å². The van der Waals surface area contributed by atoms with Crippen LogP contribution in [0.25, 0.3) is 0 Å². The van der Waals surface area contributed by atoms with Crippen molar-refractivity contribution in [1.82, 2.24) is 4.58 Å². The zero-order valence-electron chi connectivity index (χ0n) is 8.95. The Morgan fingerprint density at radius 1 is 1.33 bits per heavy atom. The number of ether oxygens (including phenoxy) is 1. The largest absolute Gasteiger partial charge is 0.862 e. The number of halogens is 3. The molecular weight excluding hydrogens is 325 g/mol. The second-order valence-corrected chi connectivity index (χ2v) is 6.72. The molecule has 0 aliphatic carbocycles. The molecule has 18 heavy (non-hydrogen) atoms. The Balaban J connectivity index is 2.41. The third-order valence-electron chi connectivity index (χ3n) is 2.29. The number of ketones is 1. The zero-order chi connectivity index (χ0) is 13.3. The van der Waals surface area contributed by atoms with E-state index in [0.717, 1.165) is 11.3 Å². The van der Waals surface area contributed by atoms with Gasteiger partial charge in [-0.3, -0.25) is 4.79 Å². The van der Waals surface area contributed by atoms with Gasteiger partial charge in [0.1, 0.15) is 13.2 Å². The van der Waals surface area contributed by atoms with E-state index in [1.165, 1.54) is 0 Å². The molecule has 0 amide bonds. The van der Waals surface area contributed by atoms with Gasteiger partial charge in [-0.15, -0.1) is 0 Å². The third kappa shape index (κ3) is 3.00. The smallest absolute Gasteiger partial charge is 0.429 e. The quantitative estimate of drug-likeness (QED) is 0.433. The minimum Gasteiger partial charge on any atom is -0.862 e. The molecule has 1 aliphatic heterocycles. The summed E-state index contributed by atoms with van der Waals surface area (Å²) in [5.74, 6) is -1.39. The molecule has 1 saturated heterocycles. The van der Waals surface area contributed by atoms with Gasteiger partial charge < -0.3 is 14.3 Å². The lowest BCUT2D eigenvalue weighted by molar-refractivity contribution is -0.263. The molecule has 1 aromatic heterocycles. The van der Waals surface area contributed by atoms with Gasteiger partial charge in [0.05, 0.1) is 0 Å². The van der Waals surface area contributed by atoms with E-state index < -0.39 is 20.4 Å².